The SMILES string of the molecule is COC(=O)N1c2ccc3[nH]c(C(CC(=O)O)c4ccccc4)nc3c2CC[C@@H]1C. The van der Waals surface area contributed by atoms with Crippen molar-refractivity contribution < 1.29 is 19.4 Å². The Hall–Kier alpha value is -3.35. The minimum atomic E-state index is -0.882. The fourth-order valence-electron chi connectivity index (χ4n) is 4.11. The van der Waals surface area contributed by atoms with Crippen molar-refractivity contribution in [1.29, 1.82) is 0 Å². The number of nitrogens with zero attached hydrogens (tertiary/aromatic N) is 2. The Morgan fingerprint density at radius 1 is 1.28 bits per heavy atom. The van der Waals surface area contributed by atoms with Crippen LogP contribution in [-0.4, -0.2) is 40.3 Å². The number of benzene rings is 2. The summed E-state index contributed by atoms with van der Waals surface area (Å²) in [6.07, 6.45) is 1.15. The van der Waals surface area contributed by atoms with Gasteiger partial charge in [-0.2, -0.15) is 0 Å². The number of aromatic amines is 1. The van der Waals surface area contributed by atoms with Crippen LogP contribution in [0.2, 0.25) is 0 Å². The van der Waals surface area contributed by atoms with Crippen molar-refractivity contribution in [2.75, 3.05) is 12.0 Å². The van der Waals surface area contributed by atoms with Gasteiger partial charge in [0.05, 0.1) is 36.2 Å². The third-order valence-electron chi connectivity index (χ3n) is 5.55. The van der Waals surface area contributed by atoms with Gasteiger partial charge in [-0.15, -0.1) is 0 Å². The molecule has 1 aliphatic heterocycles. The first-order valence-electron chi connectivity index (χ1n) is 9.65. The number of anilines is 1. The van der Waals surface area contributed by atoms with Crippen LogP contribution in [0.3, 0.4) is 0 Å². The van der Waals surface area contributed by atoms with Crippen molar-refractivity contribution in [1.82, 2.24) is 9.97 Å². The number of ether oxygens (including phenoxy) is 1. The Kier molecular flexibility index (Phi) is 4.96. The van der Waals surface area contributed by atoms with Crippen LogP contribution in [0, 0.1) is 0 Å². The predicted molar refractivity (Wildman–Crippen MR) is 109 cm³/mol. The number of nitrogens with one attached hydrogen (secondary N) is 1. The molecular formula is C22H23N3O4. The first-order chi connectivity index (χ1) is 14.0. The fraction of sp³-hybridized carbons (Fsp3) is 0.318. The number of methoxy groups -OCH3 is 1. The Bertz CT molecular complexity index is 1060. The number of rotatable bonds is 4. The van der Waals surface area contributed by atoms with E-state index in [0.717, 1.165) is 40.7 Å². The minimum absolute atomic E-state index is 0.0369. The first kappa shape index (κ1) is 19.0. The van der Waals surface area contributed by atoms with E-state index in [2.05, 4.69) is 4.98 Å². The van der Waals surface area contributed by atoms with Crippen LogP contribution in [0.4, 0.5) is 10.5 Å². The largest absolute Gasteiger partial charge is 0.481 e. The lowest BCUT2D eigenvalue weighted by Gasteiger charge is -2.34. The number of carboxylic acid groups (broad SMARTS) is 1. The molecule has 0 fully saturated rings. The highest BCUT2D eigenvalue weighted by atomic mass is 16.5. The number of aryl methyl sites for hydroxylation is 1. The molecule has 1 unspecified atom stereocenters. The molecule has 0 saturated carbocycles. The van der Waals surface area contributed by atoms with Crippen molar-refractivity contribution in [2.45, 2.75) is 38.1 Å². The average molecular weight is 393 g/mol. The summed E-state index contributed by atoms with van der Waals surface area (Å²) in [4.78, 5) is 33.6. The van der Waals surface area contributed by atoms with Gasteiger partial charge in [0.2, 0.25) is 0 Å². The number of carbonyl (C=O) groups excluding carboxylic acids is 1. The first-order valence-corrected chi connectivity index (χ1v) is 9.65. The molecule has 1 aromatic heterocycles. The second-order valence-electron chi connectivity index (χ2n) is 7.37. The van der Waals surface area contributed by atoms with Crippen LogP contribution in [0.1, 0.15) is 42.6 Å². The quantitative estimate of drug-likeness (QED) is 0.696. The van der Waals surface area contributed by atoms with Gasteiger partial charge in [0.15, 0.2) is 0 Å². The van der Waals surface area contributed by atoms with E-state index in [4.69, 9.17) is 9.72 Å². The molecule has 3 aromatic rings. The normalized spacial score (nSPS) is 17.0. The second-order valence-corrected chi connectivity index (χ2v) is 7.37. The number of H-pyrrole nitrogens is 1. The Morgan fingerprint density at radius 3 is 2.72 bits per heavy atom. The van der Waals surface area contributed by atoms with E-state index in [0.29, 0.717) is 5.82 Å². The van der Waals surface area contributed by atoms with Gasteiger partial charge in [0.1, 0.15) is 5.82 Å². The molecule has 0 spiro atoms. The molecule has 1 amide bonds. The van der Waals surface area contributed by atoms with Gasteiger partial charge in [-0.05, 0) is 37.5 Å². The smallest absolute Gasteiger partial charge is 0.414 e. The fourth-order valence-corrected chi connectivity index (χ4v) is 4.11. The summed E-state index contributed by atoms with van der Waals surface area (Å²) in [5, 5.41) is 9.43. The molecule has 1 aliphatic rings. The number of carbonyl (C=O) groups is 2. The van der Waals surface area contributed by atoms with E-state index in [9.17, 15) is 14.7 Å². The Morgan fingerprint density at radius 2 is 2.03 bits per heavy atom. The van der Waals surface area contributed by atoms with E-state index < -0.39 is 5.97 Å². The highest BCUT2D eigenvalue weighted by molar-refractivity contribution is 5.95. The van der Waals surface area contributed by atoms with E-state index in [1.165, 1.54) is 7.11 Å². The summed E-state index contributed by atoms with van der Waals surface area (Å²) in [7, 11) is 1.38. The van der Waals surface area contributed by atoms with Gasteiger partial charge in [0.25, 0.3) is 0 Å². The number of carboxylic acids is 1. The van der Waals surface area contributed by atoms with Crippen molar-refractivity contribution in [3.63, 3.8) is 0 Å². The summed E-state index contributed by atoms with van der Waals surface area (Å²) in [5.41, 5.74) is 4.30. The molecule has 0 radical (unpaired) electrons. The Labute approximate surface area is 168 Å². The summed E-state index contributed by atoms with van der Waals surface area (Å²) in [5.74, 6) is -0.645. The maximum absolute atomic E-state index is 12.3. The highest BCUT2D eigenvalue weighted by Gasteiger charge is 2.31. The molecule has 29 heavy (non-hydrogen) atoms. The third-order valence-corrected chi connectivity index (χ3v) is 5.55. The predicted octanol–water partition coefficient (Wildman–Crippen LogP) is 4.08. The van der Waals surface area contributed by atoms with Crippen molar-refractivity contribution in [3.8, 4) is 0 Å². The molecule has 2 heterocycles. The zero-order chi connectivity index (χ0) is 20.5. The molecule has 150 valence electrons. The number of fused-ring (bicyclic) bond motifs is 3. The number of aliphatic carboxylic acids is 1. The maximum atomic E-state index is 12.3. The molecule has 0 bridgehead atoms. The summed E-state index contributed by atoms with van der Waals surface area (Å²) < 4.78 is 4.97. The van der Waals surface area contributed by atoms with Crippen LogP contribution >= 0.6 is 0 Å². The third kappa shape index (κ3) is 3.44. The number of hydrogen-bond acceptors (Lipinski definition) is 4. The van der Waals surface area contributed by atoms with Crippen molar-refractivity contribution in [3.05, 3.63) is 59.4 Å². The van der Waals surface area contributed by atoms with Gasteiger partial charge in [-0.25, -0.2) is 9.78 Å². The lowest BCUT2D eigenvalue weighted by molar-refractivity contribution is -0.137. The number of hydrogen-bond donors (Lipinski definition) is 2. The molecular weight excluding hydrogens is 370 g/mol. The number of aromatic nitrogens is 2. The average Bonchev–Trinajstić information content (AvgIpc) is 3.16. The van der Waals surface area contributed by atoms with Gasteiger partial charge in [-0.1, -0.05) is 30.3 Å². The van der Waals surface area contributed by atoms with Crippen LogP contribution in [0.5, 0.6) is 0 Å². The zero-order valence-corrected chi connectivity index (χ0v) is 16.4. The maximum Gasteiger partial charge on any atom is 0.414 e. The standard InChI is InChI=1S/C22H23N3O4/c1-13-8-9-15-18(25(13)22(28)29-2)11-10-17-20(15)24-21(23-17)16(12-19(26)27)14-6-4-3-5-7-14/h3-7,10-11,13,16H,8-9,12H2,1-2H3,(H,23,24)(H,26,27)/t13-,16?/m0/s1. The van der Waals surface area contributed by atoms with Crippen molar-refractivity contribution in [2.24, 2.45) is 0 Å². The van der Waals surface area contributed by atoms with E-state index in [1.54, 1.807) is 4.90 Å². The lowest BCUT2D eigenvalue weighted by atomic mass is 9.95. The van der Waals surface area contributed by atoms with E-state index in [-0.39, 0.29) is 24.5 Å². The molecule has 0 aliphatic carbocycles. The van der Waals surface area contributed by atoms with Crippen LogP contribution < -0.4 is 4.90 Å². The molecule has 2 aromatic carbocycles. The summed E-state index contributed by atoms with van der Waals surface area (Å²) in [6, 6.07) is 13.3. The lowest BCUT2D eigenvalue weighted by Crippen LogP contribution is -2.42. The molecule has 7 nitrogen and oxygen atoms in total. The monoisotopic (exact) mass is 393 g/mol. The number of amides is 1. The summed E-state index contributed by atoms with van der Waals surface area (Å²) in [6.45, 7) is 2.00. The van der Waals surface area contributed by atoms with Gasteiger partial charge >= 0.3 is 12.1 Å². The van der Waals surface area contributed by atoms with Crippen LogP contribution in [0.15, 0.2) is 42.5 Å². The molecule has 4 rings (SSSR count). The van der Waals surface area contributed by atoms with Crippen LogP contribution in [0.25, 0.3) is 11.0 Å². The molecule has 2 N–H and O–H groups in total. The van der Waals surface area contributed by atoms with Crippen molar-refractivity contribution >= 4 is 28.8 Å². The molecule has 2 atom stereocenters. The Balaban J connectivity index is 1.82. The topological polar surface area (TPSA) is 95.5 Å². The molecule has 0 saturated heterocycles. The second kappa shape index (κ2) is 7.58. The van der Waals surface area contributed by atoms with E-state index >= 15 is 0 Å². The van der Waals surface area contributed by atoms with Gasteiger partial charge < -0.3 is 14.8 Å². The minimum Gasteiger partial charge on any atom is -0.481 e. The zero-order valence-electron chi connectivity index (χ0n) is 16.4. The highest BCUT2D eigenvalue weighted by Crippen LogP contribution is 2.37. The summed E-state index contributed by atoms with van der Waals surface area (Å²) >= 11 is 0. The molecule has 7 heteroatoms. The van der Waals surface area contributed by atoms with Crippen LogP contribution in [-0.2, 0) is 16.0 Å². The van der Waals surface area contributed by atoms with E-state index in [1.807, 2.05) is 49.4 Å². The van der Waals surface area contributed by atoms with Gasteiger partial charge in [0, 0.05) is 11.6 Å². The van der Waals surface area contributed by atoms with Gasteiger partial charge in [-0.3, -0.25) is 9.69 Å². The number of imidazole rings is 1.